The highest BCUT2D eigenvalue weighted by atomic mass is 16.5. The van der Waals surface area contributed by atoms with Gasteiger partial charge in [0.05, 0.1) is 19.3 Å². The predicted octanol–water partition coefficient (Wildman–Crippen LogP) is 1.56. The average Bonchev–Trinajstić information content (AvgIpc) is 2.33. The first-order valence-electron chi connectivity index (χ1n) is 5.10. The van der Waals surface area contributed by atoms with Crippen molar-refractivity contribution < 1.29 is 4.74 Å². The Morgan fingerprint density at radius 3 is 2.50 bits per heavy atom. The molecular weight excluding hydrogens is 150 g/mol. The van der Waals surface area contributed by atoms with Crippen LogP contribution < -0.4 is 5.32 Å². The van der Waals surface area contributed by atoms with E-state index in [1.807, 2.05) is 0 Å². The van der Waals surface area contributed by atoms with Crippen LogP contribution in [0.25, 0.3) is 0 Å². The zero-order valence-corrected chi connectivity index (χ0v) is 7.94. The van der Waals surface area contributed by atoms with Crippen molar-refractivity contribution in [1.82, 2.24) is 5.32 Å². The van der Waals surface area contributed by atoms with E-state index in [2.05, 4.69) is 12.2 Å². The molecule has 0 spiro atoms. The molecule has 1 aliphatic heterocycles. The highest BCUT2D eigenvalue weighted by molar-refractivity contribution is 4.85. The fraction of sp³-hybridized carbons (Fsp3) is 1.00. The van der Waals surface area contributed by atoms with Crippen molar-refractivity contribution in [2.24, 2.45) is 5.41 Å². The number of hydrogen-bond donors (Lipinski definition) is 1. The Hall–Kier alpha value is -0.0800. The molecule has 0 aromatic heterocycles. The van der Waals surface area contributed by atoms with Crippen molar-refractivity contribution in [2.75, 3.05) is 19.8 Å². The van der Waals surface area contributed by atoms with Gasteiger partial charge in [-0.25, -0.2) is 0 Å². The third-order valence-electron chi connectivity index (χ3n) is 3.27. The van der Waals surface area contributed by atoms with Crippen LogP contribution in [0.3, 0.4) is 0 Å². The molecule has 2 nitrogen and oxygen atoms in total. The van der Waals surface area contributed by atoms with Gasteiger partial charge in [0.15, 0.2) is 0 Å². The van der Waals surface area contributed by atoms with Gasteiger partial charge in [0.1, 0.15) is 0 Å². The number of ether oxygens (including phenoxy) is 1. The van der Waals surface area contributed by atoms with E-state index in [1.54, 1.807) is 0 Å². The molecule has 2 heteroatoms. The van der Waals surface area contributed by atoms with E-state index >= 15 is 0 Å². The van der Waals surface area contributed by atoms with Crippen LogP contribution in [0.2, 0.25) is 0 Å². The summed E-state index contributed by atoms with van der Waals surface area (Å²) in [6.45, 7) is 5.46. The van der Waals surface area contributed by atoms with Crippen LogP contribution in [-0.2, 0) is 4.74 Å². The number of rotatable bonds is 3. The summed E-state index contributed by atoms with van der Waals surface area (Å²) < 4.78 is 5.12. The average molecular weight is 169 g/mol. The van der Waals surface area contributed by atoms with Gasteiger partial charge < -0.3 is 10.1 Å². The smallest absolute Gasteiger partial charge is 0.0643 e. The summed E-state index contributed by atoms with van der Waals surface area (Å²) in [6.07, 6.45) is 5.68. The van der Waals surface area contributed by atoms with E-state index in [4.69, 9.17) is 4.74 Å². The molecule has 0 amide bonds. The molecule has 1 aliphatic carbocycles. The van der Waals surface area contributed by atoms with Gasteiger partial charge in [-0.1, -0.05) is 19.8 Å². The van der Waals surface area contributed by atoms with E-state index in [1.165, 1.54) is 32.2 Å². The molecule has 1 heterocycles. The normalized spacial score (nSPS) is 28.8. The van der Waals surface area contributed by atoms with Gasteiger partial charge in [-0.3, -0.25) is 0 Å². The predicted molar refractivity (Wildman–Crippen MR) is 49.2 cm³/mol. The number of hydrogen-bond acceptors (Lipinski definition) is 2. The van der Waals surface area contributed by atoms with E-state index in [9.17, 15) is 0 Å². The van der Waals surface area contributed by atoms with Gasteiger partial charge in [0.2, 0.25) is 0 Å². The van der Waals surface area contributed by atoms with Crippen molar-refractivity contribution in [2.45, 2.75) is 38.6 Å². The molecule has 2 aliphatic rings. The second-order valence-corrected chi connectivity index (χ2v) is 4.63. The first-order valence-corrected chi connectivity index (χ1v) is 5.10. The first-order chi connectivity index (χ1) is 5.79. The van der Waals surface area contributed by atoms with Crippen molar-refractivity contribution in [1.29, 1.82) is 0 Å². The molecule has 0 atom stereocenters. The lowest BCUT2D eigenvalue weighted by Gasteiger charge is -2.32. The highest BCUT2D eigenvalue weighted by Crippen LogP contribution is 2.36. The minimum atomic E-state index is 0.593. The maximum absolute atomic E-state index is 5.12. The molecule has 0 aromatic carbocycles. The van der Waals surface area contributed by atoms with Crippen LogP contribution in [-0.4, -0.2) is 25.8 Å². The molecule has 0 unspecified atom stereocenters. The van der Waals surface area contributed by atoms with Crippen LogP contribution in [0, 0.1) is 5.41 Å². The Labute approximate surface area is 74.7 Å². The molecule has 2 rings (SSSR count). The van der Waals surface area contributed by atoms with Crippen LogP contribution >= 0.6 is 0 Å². The summed E-state index contributed by atoms with van der Waals surface area (Å²) in [6, 6.07) is 0.655. The summed E-state index contributed by atoms with van der Waals surface area (Å²) in [4.78, 5) is 0. The molecule has 12 heavy (non-hydrogen) atoms. The zero-order valence-electron chi connectivity index (χ0n) is 7.94. The van der Waals surface area contributed by atoms with E-state index in [0.717, 1.165) is 13.2 Å². The van der Waals surface area contributed by atoms with Crippen LogP contribution in [0.4, 0.5) is 0 Å². The monoisotopic (exact) mass is 169 g/mol. The van der Waals surface area contributed by atoms with Gasteiger partial charge >= 0.3 is 0 Å². The van der Waals surface area contributed by atoms with E-state index in [0.29, 0.717) is 11.5 Å². The molecule has 2 fully saturated rings. The minimum absolute atomic E-state index is 0.593. The summed E-state index contributed by atoms with van der Waals surface area (Å²) >= 11 is 0. The fourth-order valence-electron chi connectivity index (χ4n) is 2.15. The molecule has 1 saturated heterocycles. The quantitative estimate of drug-likeness (QED) is 0.692. The Bertz CT molecular complexity index is 148. The zero-order chi connectivity index (χ0) is 8.44. The SMILES string of the molecule is CC1(CNC2COC2)CCCC1. The third-order valence-corrected chi connectivity index (χ3v) is 3.27. The molecule has 1 N–H and O–H groups in total. The van der Waals surface area contributed by atoms with Crippen LogP contribution in [0.5, 0.6) is 0 Å². The summed E-state index contributed by atoms with van der Waals surface area (Å²) in [5, 5.41) is 3.58. The largest absolute Gasteiger partial charge is 0.378 e. The molecule has 0 aromatic rings. The lowest BCUT2D eigenvalue weighted by atomic mass is 9.88. The Morgan fingerprint density at radius 2 is 2.00 bits per heavy atom. The summed E-state index contributed by atoms with van der Waals surface area (Å²) in [5.41, 5.74) is 0.593. The molecule has 0 radical (unpaired) electrons. The maximum atomic E-state index is 5.12. The fourth-order valence-corrected chi connectivity index (χ4v) is 2.15. The lowest BCUT2D eigenvalue weighted by molar-refractivity contribution is -0.00894. The Kier molecular flexibility index (Phi) is 2.37. The lowest BCUT2D eigenvalue weighted by Crippen LogP contribution is -2.48. The standard InChI is InChI=1S/C10H19NO/c1-10(4-2-3-5-10)8-11-9-6-12-7-9/h9,11H,2-8H2,1H3. The van der Waals surface area contributed by atoms with E-state index in [-0.39, 0.29) is 0 Å². The molecule has 70 valence electrons. The second kappa shape index (κ2) is 3.35. The second-order valence-electron chi connectivity index (χ2n) is 4.63. The highest BCUT2D eigenvalue weighted by Gasteiger charge is 2.30. The van der Waals surface area contributed by atoms with Gasteiger partial charge in [-0.15, -0.1) is 0 Å². The van der Waals surface area contributed by atoms with Gasteiger partial charge in [-0.05, 0) is 18.3 Å². The van der Waals surface area contributed by atoms with Gasteiger partial charge in [-0.2, -0.15) is 0 Å². The molecule has 1 saturated carbocycles. The minimum Gasteiger partial charge on any atom is -0.378 e. The van der Waals surface area contributed by atoms with E-state index < -0.39 is 0 Å². The Balaban J connectivity index is 1.70. The third kappa shape index (κ3) is 1.80. The molecule has 0 bridgehead atoms. The van der Waals surface area contributed by atoms with Crippen LogP contribution in [0.15, 0.2) is 0 Å². The maximum Gasteiger partial charge on any atom is 0.0643 e. The van der Waals surface area contributed by atoms with Crippen molar-refractivity contribution in [3.63, 3.8) is 0 Å². The topological polar surface area (TPSA) is 21.3 Å². The van der Waals surface area contributed by atoms with Crippen molar-refractivity contribution in [3.05, 3.63) is 0 Å². The summed E-state index contributed by atoms with van der Waals surface area (Å²) in [7, 11) is 0. The van der Waals surface area contributed by atoms with Gasteiger partial charge in [0, 0.05) is 6.54 Å². The van der Waals surface area contributed by atoms with Crippen LogP contribution in [0.1, 0.15) is 32.6 Å². The first kappa shape index (κ1) is 8.52. The molecular formula is C10H19NO. The van der Waals surface area contributed by atoms with Gasteiger partial charge in [0.25, 0.3) is 0 Å². The van der Waals surface area contributed by atoms with Crippen molar-refractivity contribution in [3.8, 4) is 0 Å². The Morgan fingerprint density at radius 1 is 1.33 bits per heavy atom. The summed E-state index contributed by atoms with van der Waals surface area (Å²) in [5.74, 6) is 0. The number of nitrogens with one attached hydrogen (secondary N) is 1. The van der Waals surface area contributed by atoms with Crippen molar-refractivity contribution >= 4 is 0 Å².